The van der Waals surface area contributed by atoms with Crippen LogP contribution in [-0.2, 0) is 18.3 Å². The molecule has 0 amide bonds. The maximum Gasteiger partial charge on any atom is 0.0314 e. The highest BCUT2D eigenvalue weighted by atomic mass is 14.5. The summed E-state index contributed by atoms with van der Waals surface area (Å²) in [5.74, 6) is 2.83. The van der Waals surface area contributed by atoms with Crippen molar-refractivity contribution in [2.75, 3.05) is 11.5 Å². The van der Waals surface area contributed by atoms with Crippen LogP contribution in [0.4, 0.5) is 11.4 Å². The molecular formula is C45H58N2. The van der Waals surface area contributed by atoms with Gasteiger partial charge in [-0.25, -0.2) is 0 Å². The molecule has 0 saturated heterocycles. The van der Waals surface area contributed by atoms with Crippen molar-refractivity contribution in [3.8, 4) is 0 Å². The van der Waals surface area contributed by atoms with Gasteiger partial charge in [0.05, 0.1) is 0 Å². The molecule has 0 aromatic heterocycles. The highest BCUT2D eigenvalue weighted by Gasteiger charge is 2.40. The lowest BCUT2D eigenvalue weighted by Crippen LogP contribution is -2.36. The molecule has 4 aromatic carbocycles. The Morgan fingerprint density at radius 2 is 0.894 bits per heavy atom. The average molecular weight is 627 g/mol. The highest BCUT2D eigenvalue weighted by molar-refractivity contribution is 5.45. The van der Waals surface area contributed by atoms with Crippen molar-refractivity contribution >= 4 is 11.4 Å². The number of hydrogen-bond donors (Lipinski definition) is 2. The molecule has 0 unspecified atom stereocenters. The van der Waals surface area contributed by atoms with Gasteiger partial charge in [-0.2, -0.15) is 0 Å². The lowest BCUT2D eigenvalue weighted by Gasteiger charge is -2.45. The standard InChI is InChI=1S/C45H58N2/c1-2-3-4-5-6-7-34-8-18-39(19-9-34)40-28-30-45(31-29-40,41-20-10-35(11-21-41)32-37-14-24-43(46)25-15-37)42-22-12-36(13-23-42)33-38-16-26-44(47)27-17-38/h10-17,20-27,34,39-40H,2-9,18-19,28-33,46-47H2,1H3. The molecule has 2 fully saturated rings. The summed E-state index contributed by atoms with van der Waals surface area (Å²) < 4.78 is 0. The molecule has 2 saturated carbocycles. The zero-order valence-corrected chi connectivity index (χ0v) is 28.9. The van der Waals surface area contributed by atoms with Gasteiger partial charge >= 0.3 is 0 Å². The van der Waals surface area contributed by atoms with E-state index in [0.717, 1.165) is 42.0 Å². The van der Waals surface area contributed by atoms with Gasteiger partial charge in [0.1, 0.15) is 0 Å². The van der Waals surface area contributed by atoms with Crippen LogP contribution in [0.3, 0.4) is 0 Å². The van der Waals surface area contributed by atoms with Crippen LogP contribution in [0, 0.1) is 17.8 Å². The third kappa shape index (κ3) is 8.69. The van der Waals surface area contributed by atoms with Crippen LogP contribution < -0.4 is 11.5 Å². The first-order valence-corrected chi connectivity index (χ1v) is 18.9. The predicted octanol–water partition coefficient (Wildman–Crippen LogP) is 11.7. The van der Waals surface area contributed by atoms with E-state index in [1.54, 1.807) is 0 Å². The van der Waals surface area contributed by atoms with Crippen molar-refractivity contribution in [3.63, 3.8) is 0 Å². The number of hydrogen-bond acceptors (Lipinski definition) is 2. The fourth-order valence-electron chi connectivity index (χ4n) is 8.96. The SMILES string of the molecule is CCCCCCCC1CCC(C2CCC(c3ccc(Cc4ccc(N)cc4)cc3)(c3ccc(Cc4ccc(N)cc4)cc3)CC2)CC1. The van der Waals surface area contributed by atoms with Crippen LogP contribution in [0.1, 0.15) is 130 Å². The molecular weight excluding hydrogens is 569 g/mol. The molecule has 248 valence electrons. The summed E-state index contributed by atoms with van der Waals surface area (Å²) in [6.07, 6.45) is 21.6. The first-order chi connectivity index (χ1) is 23.0. The fraction of sp³-hybridized carbons (Fsp3) is 0.467. The summed E-state index contributed by atoms with van der Waals surface area (Å²) >= 11 is 0. The maximum absolute atomic E-state index is 5.93. The van der Waals surface area contributed by atoms with Gasteiger partial charge in [0.15, 0.2) is 0 Å². The molecule has 4 aromatic rings. The number of anilines is 2. The van der Waals surface area contributed by atoms with Gasteiger partial charge in [0.25, 0.3) is 0 Å². The Morgan fingerprint density at radius 1 is 0.489 bits per heavy atom. The Hall–Kier alpha value is -3.52. The fourth-order valence-corrected chi connectivity index (χ4v) is 8.96. The van der Waals surface area contributed by atoms with Crippen LogP contribution in [0.2, 0.25) is 0 Å². The lowest BCUT2D eigenvalue weighted by molar-refractivity contribution is 0.140. The van der Waals surface area contributed by atoms with Crippen LogP contribution >= 0.6 is 0 Å². The summed E-state index contributed by atoms with van der Waals surface area (Å²) in [6.45, 7) is 2.32. The van der Waals surface area contributed by atoms with E-state index in [9.17, 15) is 0 Å². The summed E-state index contributed by atoms with van der Waals surface area (Å²) in [4.78, 5) is 0. The van der Waals surface area contributed by atoms with Crippen LogP contribution in [0.5, 0.6) is 0 Å². The van der Waals surface area contributed by atoms with E-state index in [4.69, 9.17) is 11.5 Å². The highest BCUT2D eigenvalue weighted by Crippen LogP contribution is 2.50. The normalized spacial score (nSPS) is 19.9. The minimum Gasteiger partial charge on any atom is -0.399 e. The van der Waals surface area contributed by atoms with E-state index in [-0.39, 0.29) is 5.41 Å². The zero-order valence-electron chi connectivity index (χ0n) is 28.9. The van der Waals surface area contributed by atoms with E-state index < -0.39 is 0 Å². The van der Waals surface area contributed by atoms with E-state index in [0.29, 0.717) is 0 Å². The minimum absolute atomic E-state index is 0.0889. The topological polar surface area (TPSA) is 52.0 Å². The summed E-state index contributed by atoms with van der Waals surface area (Å²) in [5, 5.41) is 0. The molecule has 0 radical (unpaired) electrons. The van der Waals surface area contributed by atoms with Crippen LogP contribution in [0.15, 0.2) is 97.1 Å². The van der Waals surface area contributed by atoms with Crippen molar-refractivity contribution in [3.05, 3.63) is 130 Å². The molecule has 0 heterocycles. The monoisotopic (exact) mass is 626 g/mol. The Labute approximate surface area is 285 Å². The minimum atomic E-state index is 0.0889. The van der Waals surface area contributed by atoms with E-state index in [1.807, 2.05) is 24.3 Å². The Kier molecular flexibility index (Phi) is 11.4. The quantitative estimate of drug-likeness (QED) is 0.115. The number of nitrogens with two attached hydrogens (primary N) is 2. The van der Waals surface area contributed by atoms with Crippen LogP contribution in [-0.4, -0.2) is 0 Å². The summed E-state index contributed by atoms with van der Waals surface area (Å²) in [7, 11) is 0. The van der Waals surface area contributed by atoms with Crippen molar-refractivity contribution in [2.45, 2.75) is 115 Å². The Morgan fingerprint density at radius 3 is 1.34 bits per heavy atom. The van der Waals surface area contributed by atoms with E-state index >= 15 is 0 Å². The average Bonchev–Trinajstić information content (AvgIpc) is 3.11. The summed E-state index contributed by atoms with van der Waals surface area (Å²) in [6, 6.07) is 35.9. The van der Waals surface area contributed by atoms with Crippen molar-refractivity contribution in [2.24, 2.45) is 17.8 Å². The largest absolute Gasteiger partial charge is 0.399 e. The second kappa shape index (κ2) is 16.1. The molecule has 2 aliphatic rings. The molecule has 2 nitrogen and oxygen atoms in total. The molecule has 2 aliphatic carbocycles. The number of unbranched alkanes of at least 4 members (excludes halogenated alkanes) is 4. The second-order valence-electron chi connectivity index (χ2n) is 15.1. The first-order valence-electron chi connectivity index (χ1n) is 18.9. The summed E-state index contributed by atoms with van der Waals surface area (Å²) in [5.41, 5.74) is 22.0. The molecule has 47 heavy (non-hydrogen) atoms. The Balaban J connectivity index is 1.14. The zero-order chi connectivity index (χ0) is 32.5. The molecule has 6 rings (SSSR count). The number of benzene rings is 4. The smallest absolute Gasteiger partial charge is 0.0314 e. The van der Waals surface area contributed by atoms with Crippen molar-refractivity contribution in [1.82, 2.24) is 0 Å². The first kappa shape index (κ1) is 33.4. The number of nitrogen functional groups attached to an aromatic ring is 2. The lowest BCUT2D eigenvalue weighted by atomic mass is 9.60. The molecule has 0 bridgehead atoms. The van der Waals surface area contributed by atoms with E-state index in [1.165, 1.54) is 123 Å². The van der Waals surface area contributed by atoms with Gasteiger partial charge in [-0.05, 0) is 127 Å². The van der Waals surface area contributed by atoms with Crippen LogP contribution in [0.25, 0.3) is 0 Å². The maximum atomic E-state index is 5.93. The molecule has 0 spiro atoms. The van der Waals surface area contributed by atoms with Gasteiger partial charge < -0.3 is 11.5 Å². The third-order valence-corrected chi connectivity index (χ3v) is 11.9. The van der Waals surface area contributed by atoms with Gasteiger partial charge in [0, 0.05) is 16.8 Å². The predicted molar refractivity (Wildman–Crippen MR) is 202 cm³/mol. The van der Waals surface area contributed by atoms with Crippen molar-refractivity contribution < 1.29 is 0 Å². The molecule has 0 atom stereocenters. The molecule has 0 aliphatic heterocycles. The molecule has 2 heteroatoms. The van der Waals surface area contributed by atoms with Crippen molar-refractivity contribution in [1.29, 1.82) is 0 Å². The molecule has 4 N–H and O–H groups in total. The van der Waals surface area contributed by atoms with E-state index in [2.05, 4.69) is 79.7 Å². The number of rotatable bonds is 13. The Bertz CT molecular complexity index is 1390. The third-order valence-electron chi connectivity index (χ3n) is 11.9. The van der Waals surface area contributed by atoms with Gasteiger partial charge in [-0.15, -0.1) is 0 Å². The van der Waals surface area contributed by atoms with Gasteiger partial charge in [0.2, 0.25) is 0 Å². The van der Waals surface area contributed by atoms with Gasteiger partial charge in [-0.1, -0.05) is 131 Å². The second-order valence-corrected chi connectivity index (χ2v) is 15.1. The van der Waals surface area contributed by atoms with Gasteiger partial charge in [-0.3, -0.25) is 0 Å².